The highest BCUT2D eigenvalue weighted by atomic mass is 16.6. The highest BCUT2D eigenvalue weighted by Gasteiger charge is 2.37. The number of esters is 1. The van der Waals surface area contributed by atoms with E-state index in [1.807, 2.05) is 32.6 Å². The number of ether oxygens (including phenoxy) is 1. The number of hydrogen-bond acceptors (Lipinski definition) is 3. The Balaban J connectivity index is 2.64. The van der Waals surface area contributed by atoms with Crippen LogP contribution in [-0.2, 0) is 14.3 Å². The van der Waals surface area contributed by atoms with Crippen LogP contribution in [0, 0.1) is 18.3 Å². The first-order chi connectivity index (χ1) is 9.76. The highest BCUT2D eigenvalue weighted by molar-refractivity contribution is 5.79. The molecule has 1 aliphatic heterocycles. The first-order valence-corrected chi connectivity index (χ1v) is 7.72. The summed E-state index contributed by atoms with van der Waals surface area (Å²) in [5.41, 5.74) is -0.490. The number of piperidine rings is 1. The number of carbonyl (C=O) groups is 2. The number of rotatable bonds is 4. The average molecular weight is 293 g/mol. The molecule has 21 heavy (non-hydrogen) atoms. The van der Waals surface area contributed by atoms with Gasteiger partial charge in [-0.3, -0.25) is 9.59 Å². The maximum absolute atomic E-state index is 12.3. The van der Waals surface area contributed by atoms with Crippen molar-refractivity contribution in [3.63, 3.8) is 0 Å². The number of carbonyl (C=O) groups excluding carboxylic acids is 2. The minimum absolute atomic E-state index is 0.0889. The van der Waals surface area contributed by atoms with Crippen LogP contribution in [0.15, 0.2) is 0 Å². The Bertz CT molecular complexity index is 417. The summed E-state index contributed by atoms with van der Waals surface area (Å²) in [6, 6.07) is -0.105. The molecule has 4 heteroatoms. The van der Waals surface area contributed by atoms with E-state index in [9.17, 15) is 9.59 Å². The van der Waals surface area contributed by atoms with Gasteiger partial charge in [-0.2, -0.15) is 0 Å². The number of terminal acetylenes is 1. The Kier molecular flexibility index (Phi) is 6.26. The monoisotopic (exact) mass is 293 g/mol. The molecule has 0 spiro atoms. The van der Waals surface area contributed by atoms with E-state index in [1.54, 1.807) is 0 Å². The molecule has 0 N–H and O–H groups in total. The third-order valence-corrected chi connectivity index (χ3v) is 3.73. The fourth-order valence-electron chi connectivity index (χ4n) is 2.67. The lowest BCUT2D eigenvalue weighted by Crippen LogP contribution is -2.50. The third-order valence-electron chi connectivity index (χ3n) is 3.73. The summed E-state index contributed by atoms with van der Waals surface area (Å²) in [6.07, 6.45) is 8.60. The van der Waals surface area contributed by atoms with E-state index in [1.165, 1.54) is 0 Å². The molecule has 4 nitrogen and oxygen atoms in total. The average Bonchev–Trinajstić information content (AvgIpc) is 2.37. The molecule has 0 radical (unpaired) electrons. The molecule has 1 fully saturated rings. The van der Waals surface area contributed by atoms with E-state index in [0.29, 0.717) is 19.3 Å². The van der Waals surface area contributed by atoms with Crippen LogP contribution in [0.25, 0.3) is 0 Å². The molecule has 0 bridgehead atoms. The Labute approximate surface area is 128 Å². The van der Waals surface area contributed by atoms with E-state index in [4.69, 9.17) is 11.2 Å². The van der Waals surface area contributed by atoms with Gasteiger partial charge in [0.2, 0.25) is 5.91 Å². The van der Waals surface area contributed by atoms with Crippen LogP contribution in [0.4, 0.5) is 0 Å². The fourth-order valence-corrected chi connectivity index (χ4v) is 2.67. The highest BCUT2D eigenvalue weighted by Crippen LogP contribution is 2.27. The lowest BCUT2D eigenvalue weighted by atomic mass is 9.89. The van der Waals surface area contributed by atoms with Crippen LogP contribution in [0.5, 0.6) is 0 Å². The Morgan fingerprint density at radius 2 is 2.05 bits per heavy atom. The normalized spacial score (nSPS) is 22.5. The maximum Gasteiger partial charge on any atom is 0.311 e. The zero-order valence-electron chi connectivity index (χ0n) is 13.6. The van der Waals surface area contributed by atoms with Gasteiger partial charge in [0.25, 0.3) is 0 Å². The van der Waals surface area contributed by atoms with Crippen LogP contribution >= 0.6 is 0 Å². The predicted octanol–water partition coefficient (Wildman–Crippen LogP) is 2.76. The molecule has 0 aliphatic carbocycles. The van der Waals surface area contributed by atoms with Gasteiger partial charge in [0.15, 0.2) is 0 Å². The molecule has 0 unspecified atom stereocenters. The summed E-state index contributed by atoms with van der Waals surface area (Å²) >= 11 is 0. The van der Waals surface area contributed by atoms with Crippen molar-refractivity contribution in [1.82, 2.24) is 4.90 Å². The van der Waals surface area contributed by atoms with Gasteiger partial charge in [-0.25, -0.2) is 0 Å². The summed E-state index contributed by atoms with van der Waals surface area (Å²) in [7, 11) is 0. The van der Waals surface area contributed by atoms with Crippen molar-refractivity contribution in [2.24, 2.45) is 5.92 Å². The predicted molar refractivity (Wildman–Crippen MR) is 82.4 cm³/mol. The van der Waals surface area contributed by atoms with E-state index in [-0.39, 0.29) is 23.8 Å². The molecule has 0 saturated carbocycles. The van der Waals surface area contributed by atoms with E-state index >= 15 is 0 Å². The topological polar surface area (TPSA) is 46.6 Å². The van der Waals surface area contributed by atoms with Gasteiger partial charge in [-0.15, -0.1) is 12.3 Å². The van der Waals surface area contributed by atoms with Gasteiger partial charge in [-0.1, -0.05) is 0 Å². The van der Waals surface area contributed by atoms with Crippen molar-refractivity contribution in [2.75, 3.05) is 6.54 Å². The number of amides is 1. The number of likely N-dealkylation sites (tertiary alicyclic amines) is 1. The number of unbranched alkanes of at least 4 members (excludes halogenated alkanes) is 1. The molecule has 0 aromatic carbocycles. The molecule has 2 atom stereocenters. The Morgan fingerprint density at radius 3 is 2.62 bits per heavy atom. The Hall–Kier alpha value is -1.50. The third kappa shape index (κ3) is 5.41. The van der Waals surface area contributed by atoms with Crippen LogP contribution in [0.3, 0.4) is 0 Å². The lowest BCUT2D eigenvalue weighted by molar-refractivity contribution is -0.165. The van der Waals surface area contributed by atoms with Crippen molar-refractivity contribution in [1.29, 1.82) is 0 Å². The summed E-state index contributed by atoms with van der Waals surface area (Å²) in [5, 5.41) is 0. The smallest absolute Gasteiger partial charge is 0.311 e. The molecule has 1 saturated heterocycles. The van der Waals surface area contributed by atoms with Gasteiger partial charge in [0.05, 0.1) is 5.92 Å². The van der Waals surface area contributed by atoms with Crippen LogP contribution < -0.4 is 0 Å². The van der Waals surface area contributed by atoms with E-state index in [0.717, 1.165) is 19.4 Å². The molecule has 1 heterocycles. The summed E-state index contributed by atoms with van der Waals surface area (Å²) in [5.74, 6) is 2.21. The van der Waals surface area contributed by atoms with E-state index < -0.39 is 5.60 Å². The molecule has 1 aliphatic rings. The van der Waals surface area contributed by atoms with Gasteiger partial charge >= 0.3 is 5.97 Å². The standard InChI is InChI=1S/C17H27NO3/c1-6-7-8-11-15(19)18-12-9-10-14(13(18)2)16(20)21-17(3,4)5/h1,13-14H,7-12H2,2-5H3/t13-,14-/m1/s1. The van der Waals surface area contributed by atoms with Crippen LogP contribution in [-0.4, -0.2) is 35.0 Å². The van der Waals surface area contributed by atoms with Crippen molar-refractivity contribution >= 4 is 11.9 Å². The van der Waals surface area contributed by atoms with Crippen LogP contribution in [0.1, 0.15) is 59.8 Å². The summed E-state index contributed by atoms with van der Waals surface area (Å²) < 4.78 is 5.47. The molecule has 118 valence electrons. The SMILES string of the molecule is C#CCCCC(=O)N1CCC[C@@H](C(=O)OC(C)(C)C)[C@H]1C. The number of nitrogens with zero attached hydrogens (tertiary/aromatic N) is 1. The molecule has 1 rings (SSSR count). The van der Waals surface area contributed by atoms with Gasteiger partial charge in [0, 0.05) is 25.4 Å². The zero-order valence-corrected chi connectivity index (χ0v) is 13.6. The van der Waals surface area contributed by atoms with Crippen molar-refractivity contribution in [3.8, 4) is 12.3 Å². The first kappa shape index (κ1) is 17.6. The molecular formula is C17H27NO3. The van der Waals surface area contributed by atoms with Crippen LogP contribution in [0.2, 0.25) is 0 Å². The maximum atomic E-state index is 12.3. The minimum atomic E-state index is -0.490. The van der Waals surface area contributed by atoms with Crippen molar-refractivity contribution < 1.29 is 14.3 Å². The first-order valence-electron chi connectivity index (χ1n) is 7.72. The van der Waals surface area contributed by atoms with E-state index in [2.05, 4.69) is 5.92 Å². The van der Waals surface area contributed by atoms with Crippen molar-refractivity contribution in [3.05, 3.63) is 0 Å². The molecule has 0 aromatic rings. The molecule has 0 aromatic heterocycles. The summed E-state index contributed by atoms with van der Waals surface area (Å²) in [6.45, 7) is 8.24. The lowest BCUT2D eigenvalue weighted by Gasteiger charge is -2.39. The second-order valence-electron chi connectivity index (χ2n) is 6.67. The fraction of sp³-hybridized carbons (Fsp3) is 0.765. The summed E-state index contributed by atoms with van der Waals surface area (Å²) in [4.78, 5) is 26.3. The zero-order chi connectivity index (χ0) is 16.0. The van der Waals surface area contributed by atoms with Crippen molar-refractivity contribution in [2.45, 2.75) is 71.4 Å². The number of hydrogen-bond donors (Lipinski definition) is 0. The largest absolute Gasteiger partial charge is 0.460 e. The molecular weight excluding hydrogens is 266 g/mol. The minimum Gasteiger partial charge on any atom is -0.460 e. The van der Waals surface area contributed by atoms with Gasteiger partial charge in [0.1, 0.15) is 5.60 Å². The quantitative estimate of drug-likeness (QED) is 0.455. The molecule has 1 amide bonds. The van der Waals surface area contributed by atoms with Gasteiger partial charge in [-0.05, 0) is 47.0 Å². The Morgan fingerprint density at radius 1 is 1.38 bits per heavy atom. The second-order valence-corrected chi connectivity index (χ2v) is 6.67. The second kappa shape index (κ2) is 7.49. The van der Waals surface area contributed by atoms with Gasteiger partial charge < -0.3 is 9.64 Å².